The molecule has 0 N–H and O–H groups in total. The molecule has 0 heteroatoms. The third-order valence-corrected chi connectivity index (χ3v) is 3.27. The maximum absolute atomic E-state index is 2.38. The third-order valence-electron chi connectivity index (χ3n) is 3.27. The molecule has 0 aromatic heterocycles. The molecule has 0 spiro atoms. The first kappa shape index (κ1) is 11.1. The monoisotopic (exact) mass is 181 g/mol. The van der Waals surface area contributed by atoms with Gasteiger partial charge >= 0.3 is 0 Å². The Bertz CT molecular complexity index is 119. The van der Waals surface area contributed by atoms with Gasteiger partial charge in [-0.2, -0.15) is 0 Å². The second-order valence-corrected chi connectivity index (χ2v) is 5.47. The fourth-order valence-corrected chi connectivity index (χ4v) is 2.26. The molecule has 1 fully saturated rings. The summed E-state index contributed by atoms with van der Waals surface area (Å²) in [5, 5.41) is 0. The lowest BCUT2D eigenvalue weighted by Crippen LogP contribution is -2.18. The lowest BCUT2D eigenvalue weighted by molar-refractivity contribution is 0.374. The van der Waals surface area contributed by atoms with E-state index < -0.39 is 0 Å². The molecule has 0 bridgehead atoms. The van der Waals surface area contributed by atoms with E-state index in [1.807, 2.05) is 5.92 Å². The average molecular weight is 181 g/mol. The Labute approximate surface area is 84.1 Å². The molecule has 1 aliphatic rings. The van der Waals surface area contributed by atoms with E-state index in [2.05, 4.69) is 20.8 Å². The van der Waals surface area contributed by atoms with Crippen LogP contribution < -0.4 is 0 Å². The first-order chi connectivity index (χ1) is 6.11. The van der Waals surface area contributed by atoms with Crippen molar-refractivity contribution in [2.45, 2.75) is 72.1 Å². The molecule has 0 amide bonds. The van der Waals surface area contributed by atoms with E-state index in [1.54, 1.807) is 0 Å². The van der Waals surface area contributed by atoms with Gasteiger partial charge in [0.15, 0.2) is 0 Å². The summed E-state index contributed by atoms with van der Waals surface area (Å²) in [5.41, 5.74) is 0.463. The van der Waals surface area contributed by atoms with E-state index in [-0.39, 0.29) is 0 Å². The van der Waals surface area contributed by atoms with E-state index >= 15 is 0 Å². The number of rotatable bonds is 0. The highest BCUT2D eigenvalue weighted by Crippen LogP contribution is 2.37. The van der Waals surface area contributed by atoms with Crippen LogP contribution >= 0.6 is 0 Å². The molecule has 0 aromatic rings. The van der Waals surface area contributed by atoms with Crippen LogP contribution in [0.25, 0.3) is 0 Å². The molecule has 1 rings (SSSR count). The number of hydrogen-bond acceptors (Lipinski definition) is 0. The fourth-order valence-electron chi connectivity index (χ4n) is 2.26. The van der Waals surface area contributed by atoms with Gasteiger partial charge in [-0.25, -0.2) is 0 Å². The molecule has 1 radical (unpaired) electrons. The van der Waals surface area contributed by atoms with E-state index in [1.165, 1.54) is 51.4 Å². The van der Waals surface area contributed by atoms with Crippen molar-refractivity contribution in [3.8, 4) is 0 Å². The third kappa shape index (κ3) is 4.15. The minimum absolute atomic E-state index is 0.463. The molecule has 0 unspecified atom stereocenters. The largest absolute Gasteiger partial charge is 0.0596 e. The van der Waals surface area contributed by atoms with E-state index in [4.69, 9.17) is 0 Å². The summed E-state index contributed by atoms with van der Waals surface area (Å²) in [6.45, 7) is 7.13. The molecule has 0 aromatic carbocycles. The highest BCUT2D eigenvalue weighted by molar-refractivity contribution is 5.00. The summed E-state index contributed by atoms with van der Waals surface area (Å²) in [6, 6.07) is 0. The van der Waals surface area contributed by atoms with Crippen LogP contribution in [0.5, 0.6) is 0 Å². The summed E-state index contributed by atoms with van der Waals surface area (Å²) >= 11 is 0. The molecule has 77 valence electrons. The lowest BCUT2D eigenvalue weighted by atomic mass is 9.75. The summed E-state index contributed by atoms with van der Waals surface area (Å²) in [6.07, 6.45) is 11.5. The molecule has 0 heterocycles. The highest BCUT2D eigenvalue weighted by Gasteiger charge is 2.24. The Balaban J connectivity index is 2.41. The van der Waals surface area contributed by atoms with Gasteiger partial charge in [-0.3, -0.25) is 0 Å². The van der Waals surface area contributed by atoms with Crippen LogP contribution in [0.1, 0.15) is 72.1 Å². The van der Waals surface area contributed by atoms with Crippen LogP contribution in [-0.4, -0.2) is 0 Å². The van der Waals surface area contributed by atoms with Crippen molar-refractivity contribution in [2.24, 2.45) is 5.41 Å². The van der Waals surface area contributed by atoms with Crippen molar-refractivity contribution in [2.75, 3.05) is 0 Å². The summed E-state index contributed by atoms with van der Waals surface area (Å²) in [5.74, 6) is 1.81. The van der Waals surface area contributed by atoms with Gasteiger partial charge in [-0.1, -0.05) is 59.3 Å². The van der Waals surface area contributed by atoms with Crippen molar-refractivity contribution in [1.82, 2.24) is 0 Å². The summed E-state index contributed by atoms with van der Waals surface area (Å²) < 4.78 is 0. The molecular weight excluding hydrogens is 156 g/mol. The van der Waals surface area contributed by atoms with Crippen LogP contribution in [0.15, 0.2) is 0 Å². The molecule has 1 aliphatic carbocycles. The van der Waals surface area contributed by atoms with Crippen LogP contribution in [0, 0.1) is 11.3 Å². The van der Waals surface area contributed by atoms with E-state index in [9.17, 15) is 0 Å². The topological polar surface area (TPSA) is 0 Å². The zero-order valence-corrected chi connectivity index (χ0v) is 9.66. The van der Waals surface area contributed by atoms with Crippen molar-refractivity contribution in [3.63, 3.8) is 0 Å². The second kappa shape index (κ2) is 5.02. The van der Waals surface area contributed by atoms with Gasteiger partial charge in [0.25, 0.3) is 0 Å². The predicted octanol–water partition coefficient (Wildman–Crippen LogP) is 4.74. The maximum Gasteiger partial charge on any atom is -0.0187 e. The maximum atomic E-state index is 2.38. The zero-order chi connectivity index (χ0) is 9.73. The van der Waals surface area contributed by atoms with Gasteiger partial charge in [0.05, 0.1) is 0 Å². The van der Waals surface area contributed by atoms with Crippen LogP contribution in [0.4, 0.5) is 0 Å². The predicted molar refractivity (Wildman–Crippen MR) is 59.6 cm³/mol. The van der Waals surface area contributed by atoms with Crippen LogP contribution in [-0.2, 0) is 0 Å². The molecule has 0 atom stereocenters. The van der Waals surface area contributed by atoms with Gasteiger partial charge in [0.1, 0.15) is 0 Å². The van der Waals surface area contributed by atoms with Gasteiger partial charge in [0.2, 0.25) is 0 Å². The lowest BCUT2D eigenvalue weighted by Gasteiger charge is -2.30. The molecule has 0 nitrogen and oxygen atoms in total. The minimum Gasteiger partial charge on any atom is -0.0596 e. The first-order valence-electron chi connectivity index (χ1n) is 5.96. The second-order valence-electron chi connectivity index (χ2n) is 5.47. The Morgan fingerprint density at radius 2 is 1.08 bits per heavy atom. The van der Waals surface area contributed by atoms with Crippen LogP contribution in [0.2, 0.25) is 0 Å². The quantitative estimate of drug-likeness (QED) is 0.506. The molecule has 1 saturated carbocycles. The number of hydrogen-bond donors (Lipinski definition) is 0. The standard InChI is InChI=1S/C13H25/c1-13(2,3)12-10-8-6-4-5-7-9-11-12/h4-11H2,1-3H3. The van der Waals surface area contributed by atoms with Gasteiger partial charge in [-0.15, -0.1) is 0 Å². The Morgan fingerprint density at radius 1 is 0.692 bits per heavy atom. The normalized spacial score (nSPS) is 23.3. The molecular formula is C13H25. The summed E-state index contributed by atoms with van der Waals surface area (Å²) in [7, 11) is 0. The van der Waals surface area contributed by atoms with Crippen molar-refractivity contribution >= 4 is 0 Å². The Kier molecular flexibility index (Phi) is 4.28. The van der Waals surface area contributed by atoms with E-state index in [0.29, 0.717) is 5.41 Å². The average Bonchev–Trinajstić information content (AvgIpc) is 2.14. The van der Waals surface area contributed by atoms with Gasteiger partial charge in [0, 0.05) is 0 Å². The van der Waals surface area contributed by atoms with Crippen molar-refractivity contribution < 1.29 is 0 Å². The van der Waals surface area contributed by atoms with E-state index in [0.717, 1.165) is 0 Å². The van der Waals surface area contributed by atoms with Crippen molar-refractivity contribution in [3.05, 3.63) is 5.92 Å². The highest BCUT2D eigenvalue weighted by atomic mass is 14.3. The smallest absolute Gasteiger partial charge is 0.0187 e. The molecule has 0 aliphatic heterocycles. The van der Waals surface area contributed by atoms with Gasteiger partial charge in [-0.05, 0) is 24.2 Å². The van der Waals surface area contributed by atoms with Crippen molar-refractivity contribution in [1.29, 1.82) is 0 Å². The van der Waals surface area contributed by atoms with Gasteiger partial charge < -0.3 is 0 Å². The van der Waals surface area contributed by atoms with Crippen LogP contribution in [0.3, 0.4) is 0 Å². The molecule has 13 heavy (non-hydrogen) atoms. The zero-order valence-electron chi connectivity index (χ0n) is 9.66. The fraction of sp³-hybridized carbons (Fsp3) is 0.923. The summed E-state index contributed by atoms with van der Waals surface area (Å²) in [4.78, 5) is 0. The molecule has 0 saturated heterocycles. The SMILES string of the molecule is CC(C)(C)[C]1CCCCCCCC1. The minimum atomic E-state index is 0.463. The first-order valence-corrected chi connectivity index (χ1v) is 5.96. The Morgan fingerprint density at radius 3 is 1.46 bits per heavy atom. The Hall–Kier alpha value is 0.